The summed E-state index contributed by atoms with van der Waals surface area (Å²) in [6.07, 6.45) is 9.54. The van der Waals surface area contributed by atoms with Crippen molar-refractivity contribution in [3.8, 4) is 0 Å². The number of carbonyl (C=O) groups is 1. The summed E-state index contributed by atoms with van der Waals surface area (Å²) in [4.78, 5) is 11.6. The Morgan fingerprint density at radius 1 is 0.875 bits per heavy atom. The van der Waals surface area contributed by atoms with Crippen LogP contribution in [-0.4, -0.2) is 32.2 Å². The summed E-state index contributed by atoms with van der Waals surface area (Å²) < 4.78 is 11.2. The lowest BCUT2D eigenvalue weighted by atomic mass is 9.93. The number of Topliss-reactive ketones (excluding diaryl/α,β-unsaturated/α-hetero) is 1. The molecule has 0 N–H and O–H groups in total. The first-order valence-electron chi connectivity index (χ1n) is 9.60. The van der Waals surface area contributed by atoms with Gasteiger partial charge in [0.15, 0.2) is 5.78 Å². The van der Waals surface area contributed by atoms with Crippen LogP contribution in [0.3, 0.4) is 0 Å². The predicted octanol–water partition coefficient (Wildman–Crippen LogP) is 5.64. The van der Waals surface area contributed by atoms with E-state index in [1.54, 1.807) is 6.92 Å². The van der Waals surface area contributed by atoms with Crippen molar-refractivity contribution < 1.29 is 14.3 Å². The number of rotatable bonds is 15. The van der Waals surface area contributed by atoms with E-state index in [1.807, 2.05) is 6.92 Å². The summed E-state index contributed by atoms with van der Waals surface area (Å²) in [6, 6.07) is 0. The molecule has 0 bridgehead atoms. The monoisotopic (exact) mass is 338 g/mol. The molecular formula is C21H38O3. The highest BCUT2D eigenvalue weighted by Crippen LogP contribution is 2.23. The van der Waals surface area contributed by atoms with Gasteiger partial charge in [0.1, 0.15) is 0 Å². The molecular weight excluding hydrogens is 300 g/mol. The Morgan fingerprint density at radius 2 is 1.46 bits per heavy atom. The lowest BCUT2D eigenvalue weighted by molar-refractivity contribution is -0.113. The number of ether oxygens (including phenoxy) is 2. The Hall–Kier alpha value is -0.930. The maximum atomic E-state index is 11.6. The summed E-state index contributed by atoms with van der Waals surface area (Å²) in [7, 11) is 0. The molecule has 0 aromatic rings. The van der Waals surface area contributed by atoms with Crippen molar-refractivity contribution in [1.82, 2.24) is 0 Å². The maximum absolute atomic E-state index is 11.6. The van der Waals surface area contributed by atoms with Crippen molar-refractivity contribution in [2.24, 2.45) is 0 Å². The summed E-state index contributed by atoms with van der Waals surface area (Å²) in [5.74, 6) is 0.172. The third-order valence-corrected chi connectivity index (χ3v) is 4.23. The molecule has 0 radical (unpaired) electrons. The van der Waals surface area contributed by atoms with Crippen LogP contribution in [0.5, 0.6) is 0 Å². The molecule has 0 aromatic carbocycles. The molecule has 0 saturated heterocycles. The second-order valence-electron chi connectivity index (χ2n) is 6.22. The molecule has 3 nitrogen and oxygen atoms in total. The Bertz CT molecular complexity index is 394. The highest BCUT2D eigenvalue weighted by atomic mass is 16.5. The van der Waals surface area contributed by atoms with E-state index in [1.165, 1.54) is 17.6 Å². The van der Waals surface area contributed by atoms with Crippen molar-refractivity contribution in [3.63, 3.8) is 0 Å². The zero-order valence-corrected chi connectivity index (χ0v) is 16.6. The van der Waals surface area contributed by atoms with Crippen molar-refractivity contribution in [3.05, 3.63) is 22.8 Å². The van der Waals surface area contributed by atoms with E-state index in [9.17, 15) is 4.79 Å². The van der Waals surface area contributed by atoms with E-state index in [0.717, 1.165) is 70.5 Å². The maximum Gasteiger partial charge on any atom is 0.155 e. The van der Waals surface area contributed by atoms with Gasteiger partial charge in [0, 0.05) is 26.4 Å². The van der Waals surface area contributed by atoms with Gasteiger partial charge in [0.05, 0.1) is 0 Å². The fraction of sp³-hybridized carbons (Fsp3) is 0.762. The van der Waals surface area contributed by atoms with Gasteiger partial charge in [-0.2, -0.15) is 0 Å². The minimum absolute atomic E-state index is 0.172. The molecule has 0 unspecified atom stereocenters. The summed E-state index contributed by atoms with van der Waals surface area (Å²) in [5.41, 5.74) is 3.40. The van der Waals surface area contributed by atoms with E-state index >= 15 is 0 Å². The molecule has 24 heavy (non-hydrogen) atoms. The quantitative estimate of drug-likeness (QED) is 0.220. The van der Waals surface area contributed by atoms with Crippen molar-refractivity contribution in [2.45, 2.75) is 79.6 Å². The van der Waals surface area contributed by atoms with Crippen LogP contribution in [0.25, 0.3) is 0 Å². The van der Waals surface area contributed by atoms with Crippen LogP contribution in [0, 0.1) is 0 Å². The second kappa shape index (κ2) is 15.6. The molecule has 140 valence electrons. The van der Waals surface area contributed by atoms with Crippen LogP contribution in [-0.2, 0) is 14.3 Å². The molecule has 0 saturated carbocycles. The molecule has 0 aromatic heterocycles. The lowest BCUT2D eigenvalue weighted by Gasteiger charge is -2.13. The minimum atomic E-state index is 0.172. The van der Waals surface area contributed by atoms with Crippen LogP contribution < -0.4 is 0 Å². The van der Waals surface area contributed by atoms with Gasteiger partial charge in [0.25, 0.3) is 0 Å². The zero-order chi connectivity index (χ0) is 18.2. The highest BCUT2D eigenvalue weighted by Gasteiger charge is 2.09. The molecule has 0 spiro atoms. The van der Waals surface area contributed by atoms with Crippen LogP contribution in [0.1, 0.15) is 79.6 Å². The first-order valence-corrected chi connectivity index (χ1v) is 9.60. The summed E-state index contributed by atoms with van der Waals surface area (Å²) in [6.45, 7) is 13.3. The summed E-state index contributed by atoms with van der Waals surface area (Å²) in [5, 5.41) is 0. The summed E-state index contributed by atoms with van der Waals surface area (Å²) >= 11 is 0. The largest absolute Gasteiger partial charge is 0.381 e. The third-order valence-electron chi connectivity index (χ3n) is 4.23. The van der Waals surface area contributed by atoms with Crippen molar-refractivity contribution in [1.29, 1.82) is 0 Å². The van der Waals surface area contributed by atoms with Crippen LogP contribution in [0.2, 0.25) is 0 Å². The van der Waals surface area contributed by atoms with E-state index in [0.29, 0.717) is 0 Å². The Labute approximate surface area is 149 Å². The third kappa shape index (κ3) is 10.8. The molecule has 0 atom stereocenters. The smallest absolute Gasteiger partial charge is 0.155 e. The van der Waals surface area contributed by atoms with Gasteiger partial charge in [-0.25, -0.2) is 0 Å². The van der Waals surface area contributed by atoms with Crippen molar-refractivity contribution >= 4 is 5.78 Å². The van der Waals surface area contributed by atoms with E-state index in [2.05, 4.69) is 26.8 Å². The van der Waals surface area contributed by atoms with Crippen LogP contribution in [0.4, 0.5) is 0 Å². The van der Waals surface area contributed by atoms with E-state index in [-0.39, 0.29) is 5.78 Å². The second-order valence-corrected chi connectivity index (χ2v) is 6.22. The highest BCUT2D eigenvalue weighted by molar-refractivity contribution is 5.94. The van der Waals surface area contributed by atoms with Crippen LogP contribution in [0.15, 0.2) is 22.8 Å². The zero-order valence-electron chi connectivity index (χ0n) is 16.6. The molecule has 0 aliphatic rings. The number of unbranched alkanes of at least 4 members (excludes halogenated alkanes) is 2. The molecule has 0 amide bonds. The van der Waals surface area contributed by atoms with E-state index < -0.39 is 0 Å². The van der Waals surface area contributed by atoms with Gasteiger partial charge in [-0.1, -0.05) is 19.9 Å². The first kappa shape index (κ1) is 23.1. The van der Waals surface area contributed by atoms with Gasteiger partial charge in [-0.05, 0) is 82.4 Å². The number of allylic oxidation sites excluding steroid dienone is 4. The van der Waals surface area contributed by atoms with Gasteiger partial charge in [-0.15, -0.1) is 0 Å². The van der Waals surface area contributed by atoms with Crippen molar-refractivity contribution in [2.75, 3.05) is 26.4 Å². The van der Waals surface area contributed by atoms with E-state index in [4.69, 9.17) is 9.47 Å². The van der Waals surface area contributed by atoms with Gasteiger partial charge >= 0.3 is 0 Å². The molecule has 0 heterocycles. The number of hydrogen-bond acceptors (Lipinski definition) is 3. The normalized spacial score (nSPS) is 13.1. The molecule has 3 heteroatoms. The molecule has 0 rings (SSSR count). The number of hydrogen-bond donors (Lipinski definition) is 0. The SMILES string of the molecule is C/C=C(CCCOCCCCCOCCC)\C(CC)=C(/C)C(C)=O. The standard InChI is InChI=1S/C21H38O3/c1-6-14-23-15-10-9-11-16-24-17-12-13-20(7-2)21(8-3)18(4)19(5)22/h7H,6,8-17H2,1-5H3/b20-7-,21-18+. The molecule has 0 fully saturated rings. The fourth-order valence-electron chi connectivity index (χ4n) is 2.71. The Kier molecular flexibility index (Phi) is 15.0. The van der Waals surface area contributed by atoms with Gasteiger partial charge < -0.3 is 9.47 Å². The number of ketones is 1. The Balaban J connectivity index is 3.86. The number of carbonyl (C=O) groups excluding carboxylic acids is 1. The van der Waals surface area contributed by atoms with Gasteiger partial charge in [0.2, 0.25) is 0 Å². The first-order chi connectivity index (χ1) is 11.6. The molecule has 0 aliphatic heterocycles. The molecule has 0 aliphatic carbocycles. The average molecular weight is 339 g/mol. The van der Waals surface area contributed by atoms with Crippen LogP contribution >= 0.6 is 0 Å². The predicted molar refractivity (Wildman–Crippen MR) is 102 cm³/mol. The minimum Gasteiger partial charge on any atom is -0.381 e. The topological polar surface area (TPSA) is 35.5 Å². The lowest BCUT2D eigenvalue weighted by Crippen LogP contribution is -2.03. The average Bonchev–Trinajstić information content (AvgIpc) is 2.58. The fourth-order valence-corrected chi connectivity index (χ4v) is 2.71. The Morgan fingerprint density at radius 3 is 1.96 bits per heavy atom. The van der Waals surface area contributed by atoms with Gasteiger partial charge in [-0.3, -0.25) is 4.79 Å².